The van der Waals surface area contributed by atoms with E-state index in [4.69, 9.17) is 5.11 Å². The minimum atomic E-state index is -4.12. The summed E-state index contributed by atoms with van der Waals surface area (Å²) in [5.74, 6) is -5.26. The van der Waals surface area contributed by atoms with Crippen molar-refractivity contribution in [2.24, 2.45) is 0 Å². The molecular weight excluding hydrogens is 390 g/mol. The molecule has 0 saturated heterocycles. The Morgan fingerprint density at radius 1 is 1.24 bits per heavy atom. The Bertz CT molecular complexity index is 815. The number of sulfone groups is 1. The van der Waals surface area contributed by atoms with Gasteiger partial charge in [0.15, 0.2) is 15.7 Å². The van der Waals surface area contributed by atoms with Gasteiger partial charge in [0, 0.05) is 4.88 Å². The molecule has 1 aromatic heterocycles. The van der Waals surface area contributed by atoms with Gasteiger partial charge in [0.05, 0.1) is 9.54 Å². The summed E-state index contributed by atoms with van der Waals surface area (Å²) in [7, 11) is -4.12. The molecule has 0 bridgehead atoms. The molecule has 0 aliphatic heterocycles. The van der Waals surface area contributed by atoms with Crippen LogP contribution in [-0.2, 0) is 15.6 Å². The van der Waals surface area contributed by atoms with Gasteiger partial charge in [-0.25, -0.2) is 22.0 Å². The van der Waals surface area contributed by atoms with Gasteiger partial charge in [-0.15, -0.1) is 11.3 Å². The Morgan fingerprint density at radius 2 is 1.90 bits per heavy atom. The molecule has 0 aliphatic rings. The van der Waals surface area contributed by atoms with Crippen molar-refractivity contribution in [2.45, 2.75) is 10.6 Å². The average molecular weight is 397 g/mol. The monoisotopic (exact) mass is 396 g/mol. The van der Waals surface area contributed by atoms with Crippen molar-refractivity contribution in [1.82, 2.24) is 0 Å². The molecule has 9 heteroatoms. The van der Waals surface area contributed by atoms with Crippen LogP contribution < -0.4 is 0 Å². The van der Waals surface area contributed by atoms with Crippen LogP contribution in [0.2, 0.25) is 0 Å². The van der Waals surface area contributed by atoms with Gasteiger partial charge in [0.25, 0.3) is 0 Å². The first kappa shape index (κ1) is 16.1. The van der Waals surface area contributed by atoms with E-state index in [1.807, 2.05) is 0 Å². The van der Waals surface area contributed by atoms with E-state index < -0.39 is 43.7 Å². The zero-order valence-corrected chi connectivity index (χ0v) is 13.4. The predicted octanol–water partition coefficient (Wildman–Crippen LogP) is 3.46. The maximum absolute atomic E-state index is 14.0. The summed E-state index contributed by atoms with van der Waals surface area (Å²) in [4.78, 5) is 10.4. The van der Waals surface area contributed by atoms with Crippen LogP contribution in [0.4, 0.5) is 8.78 Å². The fourth-order valence-corrected chi connectivity index (χ4v) is 4.92. The Hall–Kier alpha value is -1.32. The van der Waals surface area contributed by atoms with E-state index >= 15 is 0 Å². The Kier molecular flexibility index (Phi) is 4.45. The second-order valence-electron chi connectivity index (χ2n) is 4.00. The fraction of sp³-hybridized carbons (Fsp3) is 0.0833. The predicted molar refractivity (Wildman–Crippen MR) is 76.2 cm³/mol. The summed E-state index contributed by atoms with van der Waals surface area (Å²) in [5, 5.41) is 8.75. The van der Waals surface area contributed by atoms with E-state index in [9.17, 15) is 22.0 Å². The third-order valence-electron chi connectivity index (χ3n) is 2.57. The lowest BCUT2D eigenvalue weighted by Gasteiger charge is -2.07. The molecular formula is C12H7BrF2O4S2. The van der Waals surface area contributed by atoms with Crippen LogP contribution >= 0.6 is 27.3 Å². The number of hydrogen-bond donors (Lipinski definition) is 1. The van der Waals surface area contributed by atoms with E-state index in [2.05, 4.69) is 15.9 Å². The van der Waals surface area contributed by atoms with Gasteiger partial charge in [-0.05, 0) is 40.2 Å². The van der Waals surface area contributed by atoms with Crippen molar-refractivity contribution in [3.05, 3.63) is 50.1 Å². The molecule has 1 aromatic carbocycles. The molecule has 0 radical (unpaired) electrons. The number of carboxylic acids is 1. The molecule has 0 aliphatic carbocycles. The van der Waals surface area contributed by atoms with Gasteiger partial charge in [-0.3, -0.25) is 0 Å². The molecule has 0 atom stereocenters. The number of thiophene rings is 1. The Morgan fingerprint density at radius 3 is 2.43 bits per heavy atom. The number of aromatic carboxylic acids is 1. The van der Waals surface area contributed by atoms with Crippen LogP contribution in [0.5, 0.6) is 0 Å². The van der Waals surface area contributed by atoms with Crippen molar-refractivity contribution < 1.29 is 27.1 Å². The number of carboxylic acid groups (broad SMARTS) is 1. The van der Waals surface area contributed by atoms with Crippen molar-refractivity contribution >= 4 is 43.1 Å². The standard InChI is InChI=1S/C12H7BrF2O4S2/c13-9-4-1-6(20-9)5-21(18,19)8-3-2-7(14)10(11(8)15)12(16)17/h1-4H,5H2,(H,16,17). The highest BCUT2D eigenvalue weighted by molar-refractivity contribution is 9.11. The molecule has 4 nitrogen and oxygen atoms in total. The maximum atomic E-state index is 14.0. The van der Waals surface area contributed by atoms with Crippen molar-refractivity contribution in [3.8, 4) is 0 Å². The van der Waals surface area contributed by atoms with Gasteiger partial charge in [0.1, 0.15) is 16.3 Å². The van der Waals surface area contributed by atoms with Crippen LogP contribution in [0.15, 0.2) is 32.9 Å². The SMILES string of the molecule is O=C(O)c1c(F)ccc(S(=O)(=O)Cc2ccc(Br)s2)c1F. The molecule has 1 N–H and O–H groups in total. The zero-order valence-electron chi connectivity index (χ0n) is 10.1. The third-order valence-corrected chi connectivity index (χ3v) is 6.05. The molecule has 0 fully saturated rings. The van der Waals surface area contributed by atoms with Crippen molar-refractivity contribution in [1.29, 1.82) is 0 Å². The quantitative estimate of drug-likeness (QED) is 0.803. The van der Waals surface area contributed by atoms with Gasteiger partial charge in [-0.2, -0.15) is 0 Å². The van der Waals surface area contributed by atoms with Crippen molar-refractivity contribution in [3.63, 3.8) is 0 Å². The van der Waals surface area contributed by atoms with E-state index in [-0.39, 0.29) is 0 Å². The van der Waals surface area contributed by atoms with Gasteiger partial charge in [0.2, 0.25) is 0 Å². The second kappa shape index (κ2) is 5.82. The molecule has 0 unspecified atom stereocenters. The zero-order chi connectivity index (χ0) is 15.8. The van der Waals surface area contributed by atoms with Crippen LogP contribution in [-0.4, -0.2) is 19.5 Å². The molecule has 2 aromatic rings. The first-order valence-corrected chi connectivity index (χ1v) is 8.67. The lowest BCUT2D eigenvalue weighted by molar-refractivity contribution is 0.0685. The molecule has 0 spiro atoms. The minimum absolute atomic E-state index is 0.447. The Labute approximate surface area is 131 Å². The topological polar surface area (TPSA) is 71.4 Å². The maximum Gasteiger partial charge on any atom is 0.341 e. The van der Waals surface area contributed by atoms with E-state index in [0.717, 1.165) is 17.4 Å². The first-order chi connectivity index (χ1) is 9.72. The second-order valence-corrected chi connectivity index (χ2v) is 8.51. The highest BCUT2D eigenvalue weighted by Gasteiger charge is 2.27. The molecule has 2 rings (SSSR count). The van der Waals surface area contributed by atoms with E-state index in [0.29, 0.717) is 14.7 Å². The summed E-state index contributed by atoms with van der Waals surface area (Å²) in [5.41, 5.74) is -1.27. The molecule has 1 heterocycles. The van der Waals surface area contributed by atoms with Crippen molar-refractivity contribution in [2.75, 3.05) is 0 Å². The minimum Gasteiger partial charge on any atom is -0.477 e. The average Bonchev–Trinajstić information content (AvgIpc) is 2.72. The fourth-order valence-electron chi connectivity index (χ4n) is 1.66. The van der Waals surface area contributed by atoms with E-state index in [1.165, 1.54) is 0 Å². The normalized spacial score (nSPS) is 11.6. The number of hydrogen-bond acceptors (Lipinski definition) is 4. The highest BCUT2D eigenvalue weighted by atomic mass is 79.9. The summed E-state index contributed by atoms with van der Waals surface area (Å²) >= 11 is 4.33. The summed E-state index contributed by atoms with van der Waals surface area (Å²) in [6.45, 7) is 0. The highest BCUT2D eigenvalue weighted by Crippen LogP contribution is 2.28. The number of halogens is 3. The molecule has 112 valence electrons. The van der Waals surface area contributed by atoms with Gasteiger partial charge < -0.3 is 5.11 Å². The summed E-state index contributed by atoms with van der Waals surface area (Å²) in [6, 6.07) is 4.55. The van der Waals surface area contributed by atoms with Gasteiger partial charge in [-0.1, -0.05) is 0 Å². The molecule has 0 saturated carbocycles. The third kappa shape index (κ3) is 3.30. The number of carbonyl (C=O) groups is 1. The van der Waals surface area contributed by atoms with Crippen LogP contribution in [0.1, 0.15) is 15.2 Å². The van der Waals surface area contributed by atoms with Gasteiger partial charge >= 0.3 is 5.97 Å². The smallest absolute Gasteiger partial charge is 0.341 e. The molecule has 0 amide bonds. The summed E-state index contributed by atoms with van der Waals surface area (Å²) in [6.07, 6.45) is 0. The Balaban J connectivity index is 2.50. The van der Waals surface area contributed by atoms with E-state index in [1.54, 1.807) is 12.1 Å². The lowest BCUT2D eigenvalue weighted by atomic mass is 10.2. The largest absolute Gasteiger partial charge is 0.477 e. The van der Waals surface area contributed by atoms with Crippen LogP contribution in [0.3, 0.4) is 0 Å². The number of benzene rings is 1. The first-order valence-electron chi connectivity index (χ1n) is 5.40. The van der Waals surface area contributed by atoms with Crippen LogP contribution in [0.25, 0.3) is 0 Å². The number of rotatable bonds is 4. The summed E-state index contributed by atoms with van der Waals surface area (Å²) < 4.78 is 52.3. The van der Waals surface area contributed by atoms with Crippen LogP contribution in [0, 0.1) is 11.6 Å². The lowest BCUT2D eigenvalue weighted by Crippen LogP contribution is -2.12. The molecule has 21 heavy (non-hydrogen) atoms.